The first-order chi connectivity index (χ1) is 10.6. The van der Waals surface area contributed by atoms with Gasteiger partial charge in [-0.1, -0.05) is 18.2 Å². The van der Waals surface area contributed by atoms with Crippen LogP contribution < -0.4 is 10.6 Å². The second kappa shape index (κ2) is 6.73. The number of carbonyl (C=O) groups excluding carboxylic acids is 1. The third-order valence-electron chi connectivity index (χ3n) is 3.59. The van der Waals surface area contributed by atoms with Crippen LogP contribution in [-0.2, 0) is 0 Å². The molecule has 1 aromatic heterocycles. The Hall–Kier alpha value is -1.50. The van der Waals surface area contributed by atoms with E-state index in [4.69, 9.17) is 0 Å². The number of anilines is 1. The van der Waals surface area contributed by atoms with Crippen LogP contribution in [0, 0.1) is 0 Å². The summed E-state index contributed by atoms with van der Waals surface area (Å²) in [7, 11) is 0. The summed E-state index contributed by atoms with van der Waals surface area (Å²) in [4.78, 5) is 13.1. The minimum atomic E-state index is -0.763. The van der Waals surface area contributed by atoms with Crippen molar-refractivity contribution in [2.75, 3.05) is 23.4 Å². The number of rotatable bonds is 4. The average molecular weight is 334 g/mol. The van der Waals surface area contributed by atoms with Gasteiger partial charge in [0.1, 0.15) is 0 Å². The summed E-state index contributed by atoms with van der Waals surface area (Å²) < 4.78 is 0. The lowest BCUT2D eigenvalue weighted by Gasteiger charge is -2.21. The number of carbonyl (C=O) groups is 1. The van der Waals surface area contributed by atoms with Crippen LogP contribution in [0.1, 0.15) is 6.42 Å². The van der Waals surface area contributed by atoms with Crippen molar-refractivity contribution < 1.29 is 9.90 Å². The van der Waals surface area contributed by atoms with Gasteiger partial charge in [0.25, 0.3) is 0 Å². The molecule has 0 bridgehead atoms. The molecule has 2 aromatic rings. The summed E-state index contributed by atoms with van der Waals surface area (Å²) in [6, 6.07) is 11.5. The van der Waals surface area contributed by atoms with E-state index in [-0.39, 0.29) is 12.6 Å². The molecule has 0 unspecified atom stereocenters. The minimum Gasteiger partial charge on any atom is -0.387 e. The van der Waals surface area contributed by atoms with E-state index in [1.54, 1.807) is 23.1 Å². The molecule has 6 heteroatoms. The van der Waals surface area contributed by atoms with Gasteiger partial charge in [0.15, 0.2) is 0 Å². The van der Waals surface area contributed by atoms with Crippen molar-refractivity contribution in [2.24, 2.45) is 0 Å². The Balaban J connectivity index is 1.58. The summed E-state index contributed by atoms with van der Waals surface area (Å²) in [6.07, 6.45) is 0.728. The number of nitrogens with one attached hydrogen (secondary N) is 2. The summed E-state index contributed by atoms with van der Waals surface area (Å²) in [5.41, 5.74) is 1.07. The summed E-state index contributed by atoms with van der Waals surface area (Å²) in [5.74, 6) is 1.63. The molecule has 1 atom stereocenters. The maximum Gasteiger partial charge on any atom is 0.319 e. The largest absolute Gasteiger partial charge is 0.387 e. The van der Waals surface area contributed by atoms with Crippen molar-refractivity contribution in [3.63, 3.8) is 0 Å². The minimum absolute atomic E-state index is 0.284. The van der Waals surface area contributed by atoms with Gasteiger partial charge in [-0.15, -0.1) is 11.3 Å². The van der Waals surface area contributed by atoms with Gasteiger partial charge in [-0.25, -0.2) is 4.79 Å². The highest BCUT2D eigenvalue weighted by Gasteiger charge is 2.31. The van der Waals surface area contributed by atoms with Crippen molar-refractivity contribution in [3.8, 4) is 10.4 Å². The Kier molecular flexibility index (Phi) is 4.71. The Bertz CT molecular complexity index is 637. The monoisotopic (exact) mass is 334 g/mol. The van der Waals surface area contributed by atoms with Crippen molar-refractivity contribution in [3.05, 3.63) is 41.8 Å². The van der Waals surface area contributed by atoms with Gasteiger partial charge < -0.3 is 15.7 Å². The zero-order chi connectivity index (χ0) is 15.4. The third kappa shape index (κ3) is 3.82. The summed E-state index contributed by atoms with van der Waals surface area (Å²) in [5, 5.41) is 17.8. The molecule has 0 spiro atoms. The molecule has 0 saturated carbocycles. The maximum atomic E-state index is 12.0. The molecule has 1 aromatic carbocycles. The SMILES string of the molecule is O=C(NC[C@@]1(O)CCSC1)Nc1cccc(-c2cccs2)c1. The van der Waals surface area contributed by atoms with Crippen LogP contribution in [0.5, 0.6) is 0 Å². The van der Waals surface area contributed by atoms with Gasteiger partial charge in [-0.3, -0.25) is 0 Å². The fraction of sp³-hybridized carbons (Fsp3) is 0.312. The Morgan fingerprint density at radius 2 is 2.23 bits per heavy atom. The highest BCUT2D eigenvalue weighted by atomic mass is 32.2. The molecule has 116 valence electrons. The van der Waals surface area contributed by atoms with E-state index in [0.29, 0.717) is 5.75 Å². The van der Waals surface area contributed by atoms with Crippen molar-refractivity contribution in [2.45, 2.75) is 12.0 Å². The number of amides is 2. The number of thioether (sulfide) groups is 1. The standard InChI is InChI=1S/C16H18N2O2S2/c19-15(17-10-16(20)6-8-21-11-16)18-13-4-1-3-12(9-13)14-5-2-7-22-14/h1-5,7,9,20H,6,8,10-11H2,(H2,17,18,19)/t16-/m0/s1. The number of benzene rings is 1. The second-order valence-electron chi connectivity index (χ2n) is 5.39. The zero-order valence-electron chi connectivity index (χ0n) is 12.0. The third-order valence-corrected chi connectivity index (χ3v) is 5.74. The van der Waals surface area contributed by atoms with E-state index in [1.165, 1.54) is 4.88 Å². The van der Waals surface area contributed by atoms with E-state index in [0.717, 1.165) is 23.4 Å². The number of thiophene rings is 1. The van der Waals surface area contributed by atoms with Gasteiger partial charge >= 0.3 is 6.03 Å². The van der Waals surface area contributed by atoms with Gasteiger partial charge in [-0.05, 0) is 41.3 Å². The van der Waals surface area contributed by atoms with Crippen molar-refractivity contribution >= 4 is 34.8 Å². The molecule has 1 aliphatic rings. The number of urea groups is 1. The molecule has 2 heterocycles. The first-order valence-electron chi connectivity index (χ1n) is 7.14. The number of hydrogen-bond acceptors (Lipinski definition) is 4. The zero-order valence-corrected chi connectivity index (χ0v) is 13.7. The lowest BCUT2D eigenvalue weighted by atomic mass is 10.0. The molecular weight excluding hydrogens is 316 g/mol. The highest BCUT2D eigenvalue weighted by Crippen LogP contribution is 2.28. The topological polar surface area (TPSA) is 61.4 Å². The molecule has 4 nitrogen and oxygen atoms in total. The lowest BCUT2D eigenvalue weighted by Crippen LogP contribution is -2.44. The summed E-state index contributed by atoms with van der Waals surface area (Å²) >= 11 is 3.38. The lowest BCUT2D eigenvalue weighted by molar-refractivity contribution is 0.0706. The van der Waals surface area contributed by atoms with E-state index in [2.05, 4.69) is 16.7 Å². The highest BCUT2D eigenvalue weighted by molar-refractivity contribution is 7.99. The Labute approximate surface area is 137 Å². The van der Waals surface area contributed by atoms with Gasteiger partial charge in [-0.2, -0.15) is 11.8 Å². The van der Waals surface area contributed by atoms with Crippen LogP contribution in [0.2, 0.25) is 0 Å². The Morgan fingerprint density at radius 1 is 1.32 bits per heavy atom. The van der Waals surface area contributed by atoms with Crippen molar-refractivity contribution in [1.82, 2.24) is 5.32 Å². The molecule has 3 N–H and O–H groups in total. The van der Waals surface area contributed by atoms with Gasteiger partial charge in [0, 0.05) is 22.9 Å². The molecule has 0 aliphatic carbocycles. The number of hydrogen-bond donors (Lipinski definition) is 3. The van der Waals surface area contributed by atoms with E-state index >= 15 is 0 Å². The fourth-order valence-electron chi connectivity index (χ4n) is 2.35. The Morgan fingerprint density at radius 3 is 2.95 bits per heavy atom. The van der Waals surface area contributed by atoms with Crippen LogP contribution in [0.15, 0.2) is 41.8 Å². The van der Waals surface area contributed by atoms with E-state index in [9.17, 15) is 9.90 Å². The molecule has 2 amide bonds. The fourth-order valence-corrected chi connectivity index (χ4v) is 4.37. The van der Waals surface area contributed by atoms with Gasteiger partial charge in [0.2, 0.25) is 0 Å². The van der Waals surface area contributed by atoms with E-state index in [1.807, 2.05) is 35.7 Å². The van der Waals surface area contributed by atoms with Gasteiger partial charge in [0.05, 0.1) is 5.60 Å². The molecule has 1 fully saturated rings. The smallest absolute Gasteiger partial charge is 0.319 e. The quantitative estimate of drug-likeness (QED) is 0.803. The predicted molar refractivity (Wildman–Crippen MR) is 93.7 cm³/mol. The van der Waals surface area contributed by atoms with E-state index < -0.39 is 5.60 Å². The number of aliphatic hydroxyl groups is 1. The summed E-state index contributed by atoms with van der Waals surface area (Å²) in [6.45, 7) is 0.288. The van der Waals surface area contributed by atoms with Crippen molar-refractivity contribution in [1.29, 1.82) is 0 Å². The first-order valence-corrected chi connectivity index (χ1v) is 9.17. The molecule has 22 heavy (non-hydrogen) atoms. The second-order valence-corrected chi connectivity index (χ2v) is 7.45. The van der Waals surface area contributed by atoms with Crippen LogP contribution in [0.4, 0.5) is 10.5 Å². The molecule has 1 saturated heterocycles. The normalized spacial score (nSPS) is 20.8. The first kappa shape index (κ1) is 15.4. The molecular formula is C16H18N2O2S2. The van der Waals surface area contributed by atoms with Crippen LogP contribution in [-0.4, -0.2) is 34.8 Å². The predicted octanol–water partition coefficient (Wildman–Crippen LogP) is 3.40. The molecule has 1 aliphatic heterocycles. The molecule has 3 rings (SSSR count). The van der Waals surface area contributed by atoms with Crippen LogP contribution >= 0.6 is 23.1 Å². The molecule has 0 radical (unpaired) electrons. The maximum absolute atomic E-state index is 12.0. The average Bonchev–Trinajstić information content (AvgIpc) is 3.18. The van der Waals surface area contributed by atoms with Crippen LogP contribution in [0.25, 0.3) is 10.4 Å². The van der Waals surface area contributed by atoms with Crippen LogP contribution in [0.3, 0.4) is 0 Å².